The molecule has 1 amide bonds. The van der Waals surface area contributed by atoms with Crippen LogP contribution in [0, 0.1) is 0 Å². The molecule has 0 radical (unpaired) electrons. The summed E-state index contributed by atoms with van der Waals surface area (Å²) in [6, 6.07) is 7.42. The topological polar surface area (TPSA) is 64.4 Å². The number of benzene rings is 1. The normalized spacial score (nSPS) is 13.7. The minimum Gasteiger partial charge on any atom is -0.383 e. The van der Waals surface area contributed by atoms with Crippen molar-refractivity contribution in [1.82, 2.24) is 14.5 Å². The van der Waals surface area contributed by atoms with Gasteiger partial charge in [0.1, 0.15) is 0 Å². The smallest absolute Gasteiger partial charge is 0.262 e. The highest BCUT2D eigenvalue weighted by atomic mass is 35.5. The molecule has 2 heterocycles. The molecule has 0 spiro atoms. The summed E-state index contributed by atoms with van der Waals surface area (Å²) in [6.07, 6.45) is 2.09. The summed E-state index contributed by atoms with van der Waals surface area (Å²) in [7, 11) is 1.59. The molecule has 30 heavy (non-hydrogen) atoms. The van der Waals surface area contributed by atoms with Gasteiger partial charge in [0, 0.05) is 24.7 Å². The highest BCUT2D eigenvalue weighted by Gasteiger charge is 2.32. The Bertz CT molecular complexity index is 1100. The van der Waals surface area contributed by atoms with Crippen LogP contribution < -0.4 is 5.56 Å². The van der Waals surface area contributed by atoms with Gasteiger partial charge in [0.05, 0.1) is 29.8 Å². The Hall–Kier alpha value is -1.87. The van der Waals surface area contributed by atoms with Crippen LogP contribution in [0.15, 0.2) is 45.0 Å². The van der Waals surface area contributed by atoms with Crippen molar-refractivity contribution in [3.05, 3.63) is 56.0 Å². The maximum atomic E-state index is 13.0. The second-order valence-corrected chi connectivity index (χ2v) is 9.34. The van der Waals surface area contributed by atoms with Gasteiger partial charge in [-0.1, -0.05) is 23.4 Å². The Kier molecular flexibility index (Phi) is 6.77. The van der Waals surface area contributed by atoms with E-state index in [1.165, 1.54) is 11.8 Å². The van der Waals surface area contributed by atoms with Gasteiger partial charge in [0.2, 0.25) is 5.91 Å². The molecule has 1 fully saturated rings. The number of fused-ring (bicyclic) bond motifs is 1. The first kappa shape index (κ1) is 21.4. The lowest BCUT2D eigenvalue weighted by molar-refractivity contribution is -0.129. The molecule has 3 aromatic rings. The second-order valence-electron chi connectivity index (χ2n) is 7.18. The van der Waals surface area contributed by atoms with Gasteiger partial charge >= 0.3 is 0 Å². The third-order valence-electron chi connectivity index (χ3n) is 4.97. The highest BCUT2D eigenvalue weighted by Crippen LogP contribution is 2.30. The fourth-order valence-electron chi connectivity index (χ4n) is 3.26. The maximum Gasteiger partial charge on any atom is 0.262 e. The number of thiophene rings is 1. The minimum absolute atomic E-state index is 0.0624. The summed E-state index contributed by atoms with van der Waals surface area (Å²) >= 11 is 9.02. The molecule has 9 heteroatoms. The van der Waals surface area contributed by atoms with Crippen molar-refractivity contribution in [3.63, 3.8) is 0 Å². The van der Waals surface area contributed by atoms with Crippen LogP contribution >= 0.6 is 34.7 Å². The molecule has 0 N–H and O–H groups in total. The molecule has 6 nitrogen and oxygen atoms in total. The molecule has 2 aromatic heterocycles. The van der Waals surface area contributed by atoms with Gasteiger partial charge in [0.25, 0.3) is 5.56 Å². The van der Waals surface area contributed by atoms with E-state index >= 15 is 0 Å². The zero-order valence-electron chi connectivity index (χ0n) is 16.5. The monoisotopic (exact) mass is 463 g/mol. The van der Waals surface area contributed by atoms with E-state index in [0.29, 0.717) is 46.8 Å². The molecule has 0 unspecified atom stereocenters. The first-order chi connectivity index (χ1) is 14.6. The average molecular weight is 464 g/mol. The standard InChI is InChI=1S/C21H22ClN3O3S2/c1-28-8-7-24-20(27)17-5-2-15(22)10-18(17)23-21(24)30-13-19(26)25(16-3-4-16)11-14-6-9-29-12-14/h2,5-6,9-10,12,16H,3-4,7-8,11,13H2,1H3. The molecule has 1 aliphatic carbocycles. The first-order valence-corrected chi connectivity index (χ1v) is 12.0. The Morgan fingerprint density at radius 2 is 2.23 bits per heavy atom. The number of ether oxygens (including phenoxy) is 1. The average Bonchev–Trinajstić information content (AvgIpc) is 3.44. The molecule has 0 atom stereocenters. The summed E-state index contributed by atoms with van der Waals surface area (Å²) in [4.78, 5) is 32.6. The lowest BCUT2D eigenvalue weighted by atomic mass is 10.2. The van der Waals surface area contributed by atoms with Crippen molar-refractivity contribution in [3.8, 4) is 0 Å². The number of carbonyl (C=O) groups is 1. The fourth-order valence-corrected chi connectivity index (χ4v) is 5.00. The molecule has 1 aromatic carbocycles. The van der Waals surface area contributed by atoms with Crippen LogP contribution in [0.1, 0.15) is 18.4 Å². The molecular weight excluding hydrogens is 442 g/mol. The van der Waals surface area contributed by atoms with Gasteiger partial charge in [-0.05, 0) is 53.4 Å². The van der Waals surface area contributed by atoms with Crippen LogP contribution in [-0.4, -0.2) is 45.9 Å². The van der Waals surface area contributed by atoms with E-state index in [4.69, 9.17) is 16.3 Å². The Morgan fingerprint density at radius 3 is 2.93 bits per heavy atom. The van der Waals surface area contributed by atoms with Crippen molar-refractivity contribution in [2.75, 3.05) is 19.5 Å². The predicted molar refractivity (Wildman–Crippen MR) is 122 cm³/mol. The van der Waals surface area contributed by atoms with Crippen molar-refractivity contribution < 1.29 is 9.53 Å². The first-order valence-electron chi connectivity index (χ1n) is 9.69. The van der Waals surface area contributed by atoms with E-state index in [2.05, 4.69) is 16.4 Å². The second kappa shape index (κ2) is 9.51. The number of methoxy groups -OCH3 is 1. The van der Waals surface area contributed by atoms with E-state index in [9.17, 15) is 9.59 Å². The van der Waals surface area contributed by atoms with Gasteiger partial charge in [-0.3, -0.25) is 14.2 Å². The number of hydrogen-bond donors (Lipinski definition) is 0. The molecule has 0 aliphatic heterocycles. The van der Waals surface area contributed by atoms with E-state index in [1.54, 1.807) is 41.2 Å². The van der Waals surface area contributed by atoms with Crippen LogP contribution in [-0.2, 0) is 22.6 Å². The van der Waals surface area contributed by atoms with Crippen molar-refractivity contribution in [1.29, 1.82) is 0 Å². The SMILES string of the molecule is COCCn1c(SCC(=O)N(Cc2ccsc2)C2CC2)nc2cc(Cl)ccc2c1=O. The van der Waals surface area contributed by atoms with Crippen LogP contribution in [0.3, 0.4) is 0 Å². The highest BCUT2D eigenvalue weighted by molar-refractivity contribution is 7.99. The number of carbonyl (C=O) groups excluding carboxylic acids is 1. The Morgan fingerprint density at radius 1 is 1.40 bits per heavy atom. The number of halogens is 1. The molecular formula is C21H22ClN3O3S2. The lowest BCUT2D eigenvalue weighted by Crippen LogP contribution is -2.34. The van der Waals surface area contributed by atoms with E-state index in [0.717, 1.165) is 18.4 Å². The Labute approximate surface area is 187 Å². The quantitative estimate of drug-likeness (QED) is 0.354. The third-order valence-corrected chi connectivity index (χ3v) is 6.90. The number of rotatable bonds is 9. The fraction of sp³-hybridized carbons (Fsp3) is 0.381. The van der Waals surface area contributed by atoms with Gasteiger partial charge in [0.15, 0.2) is 5.16 Å². The van der Waals surface area contributed by atoms with Crippen LogP contribution in [0.25, 0.3) is 10.9 Å². The summed E-state index contributed by atoms with van der Waals surface area (Å²) in [5.41, 5.74) is 1.54. The van der Waals surface area contributed by atoms with E-state index in [-0.39, 0.29) is 17.2 Å². The number of hydrogen-bond acceptors (Lipinski definition) is 6. The van der Waals surface area contributed by atoms with Crippen molar-refractivity contribution >= 4 is 51.5 Å². The largest absolute Gasteiger partial charge is 0.383 e. The van der Waals surface area contributed by atoms with Gasteiger partial charge in [-0.25, -0.2) is 4.98 Å². The van der Waals surface area contributed by atoms with Gasteiger partial charge in [-0.2, -0.15) is 11.3 Å². The number of nitrogens with zero attached hydrogens (tertiary/aromatic N) is 3. The molecule has 1 aliphatic rings. The summed E-state index contributed by atoms with van der Waals surface area (Å²) in [6.45, 7) is 1.39. The summed E-state index contributed by atoms with van der Waals surface area (Å²) in [5.74, 6) is 0.291. The number of thioether (sulfide) groups is 1. The molecule has 0 bridgehead atoms. The maximum absolute atomic E-state index is 13.0. The van der Waals surface area contributed by atoms with E-state index < -0.39 is 0 Å². The Balaban J connectivity index is 1.57. The zero-order valence-corrected chi connectivity index (χ0v) is 18.9. The zero-order chi connectivity index (χ0) is 21.1. The van der Waals surface area contributed by atoms with E-state index in [1.807, 2.05) is 10.3 Å². The van der Waals surface area contributed by atoms with Gasteiger partial charge in [-0.15, -0.1) is 0 Å². The summed E-state index contributed by atoms with van der Waals surface area (Å²) in [5, 5.41) is 5.63. The molecule has 0 saturated heterocycles. The van der Waals surface area contributed by atoms with Crippen LogP contribution in [0.4, 0.5) is 0 Å². The lowest BCUT2D eigenvalue weighted by Gasteiger charge is -2.22. The van der Waals surface area contributed by atoms with Crippen molar-refractivity contribution in [2.24, 2.45) is 0 Å². The predicted octanol–water partition coefficient (Wildman–Crippen LogP) is 4.04. The van der Waals surface area contributed by atoms with Gasteiger partial charge < -0.3 is 9.64 Å². The molecule has 1 saturated carbocycles. The van der Waals surface area contributed by atoms with Crippen LogP contribution in [0.5, 0.6) is 0 Å². The number of amides is 1. The minimum atomic E-state index is -0.152. The summed E-state index contributed by atoms with van der Waals surface area (Å²) < 4.78 is 6.74. The van der Waals surface area contributed by atoms with Crippen molar-refractivity contribution in [2.45, 2.75) is 37.1 Å². The number of aromatic nitrogens is 2. The third kappa shape index (κ3) is 4.88. The molecule has 4 rings (SSSR count). The molecule has 158 valence electrons. The van der Waals surface area contributed by atoms with Crippen LogP contribution in [0.2, 0.25) is 5.02 Å².